The van der Waals surface area contributed by atoms with Gasteiger partial charge in [-0.05, 0) is 56.9 Å². The highest BCUT2D eigenvalue weighted by Gasteiger charge is 2.45. The van der Waals surface area contributed by atoms with Crippen LogP contribution in [0.15, 0.2) is 24.3 Å². The van der Waals surface area contributed by atoms with Crippen LogP contribution in [-0.4, -0.2) is 49.5 Å². The summed E-state index contributed by atoms with van der Waals surface area (Å²) in [4.78, 5) is 14.5. The van der Waals surface area contributed by atoms with Gasteiger partial charge in [-0.3, -0.25) is 0 Å². The van der Waals surface area contributed by atoms with Gasteiger partial charge in [0.05, 0.1) is 11.9 Å². The summed E-state index contributed by atoms with van der Waals surface area (Å²) in [5.74, 6) is 0.768. The molecule has 2 aliphatic heterocycles. The van der Waals surface area contributed by atoms with Crippen LogP contribution in [0.4, 0.5) is 10.5 Å². The Morgan fingerprint density at radius 1 is 1.21 bits per heavy atom. The van der Waals surface area contributed by atoms with Crippen molar-refractivity contribution in [2.24, 2.45) is 0 Å². The first-order valence-electron chi connectivity index (χ1n) is 8.39. The minimum Gasteiger partial charge on any atom is -0.494 e. The fourth-order valence-corrected chi connectivity index (χ4v) is 4.94. The van der Waals surface area contributed by atoms with Gasteiger partial charge in [0.2, 0.25) is 0 Å². The third kappa shape index (κ3) is 3.50. The molecule has 2 saturated heterocycles. The summed E-state index contributed by atoms with van der Waals surface area (Å²) in [5, 5.41) is 2.60. The summed E-state index contributed by atoms with van der Waals surface area (Å²) in [7, 11) is -3.04. The largest absolute Gasteiger partial charge is 0.494 e. The molecule has 2 atom stereocenters. The predicted molar refractivity (Wildman–Crippen MR) is 93.1 cm³/mol. The Kier molecular flexibility index (Phi) is 4.71. The number of carbonyl (C=O) groups excluding carboxylic acids is 1. The Bertz CT molecular complexity index is 688. The highest BCUT2D eigenvalue weighted by Crippen LogP contribution is 2.38. The molecule has 1 aromatic carbocycles. The number of hydrogen-bond donors (Lipinski definition) is 1. The van der Waals surface area contributed by atoms with Crippen LogP contribution in [0, 0.1) is 0 Å². The number of nitrogens with zero attached hydrogens (tertiary/aromatic N) is 1. The van der Waals surface area contributed by atoms with Crippen molar-refractivity contribution in [2.75, 3.05) is 18.2 Å². The molecule has 0 aromatic heterocycles. The van der Waals surface area contributed by atoms with Crippen molar-refractivity contribution in [2.45, 2.75) is 49.9 Å². The molecule has 0 radical (unpaired) electrons. The molecule has 7 heteroatoms. The quantitative estimate of drug-likeness (QED) is 0.904. The van der Waals surface area contributed by atoms with Crippen molar-refractivity contribution in [1.82, 2.24) is 4.90 Å². The number of hydrogen-bond acceptors (Lipinski definition) is 4. The number of sulfone groups is 1. The third-order valence-electron chi connectivity index (χ3n) is 4.95. The second-order valence-corrected chi connectivity index (χ2v) is 8.93. The molecule has 1 N–H and O–H groups in total. The molecule has 2 unspecified atom stereocenters. The van der Waals surface area contributed by atoms with Crippen LogP contribution < -0.4 is 10.1 Å². The predicted octanol–water partition coefficient (Wildman–Crippen LogP) is 2.66. The van der Waals surface area contributed by atoms with E-state index in [0.29, 0.717) is 25.1 Å². The molecule has 2 heterocycles. The van der Waals surface area contributed by atoms with Crippen molar-refractivity contribution in [3.05, 3.63) is 24.3 Å². The van der Waals surface area contributed by atoms with Crippen LogP contribution in [0.25, 0.3) is 0 Å². The van der Waals surface area contributed by atoms with Crippen LogP contribution in [0.3, 0.4) is 0 Å². The maximum atomic E-state index is 12.6. The van der Waals surface area contributed by atoms with Crippen molar-refractivity contribution in [3.63, 3.8) is 0 Å². The SMILES string of the molecule is CCOc1ccc(NC(=O)N2C3CCC2CC(S(C)(=O)=O)C3)cc1. The van der Waals surface area contributed by atoms with E-state index < -0.39 is 9.84 Å². The molecular weight excluding hydrogens is 328 g/mol. The topological polar surface area (TPSA) is 75.7 Å². The van der Waals surface area contributed by atoms with E-state index in [0.717, 1.165) is 18.6 Å². The lowest BCUT2D eigenvalue weighted by molar-refractivity contribution is 0.160. The Labute approximate surface area is 143 Å². The van der Waals surface area contributed by atoms with Gasteiger partial charge in [-0.25, -0.2) is 13.2 Å². The van der Waals surface area contributed by atoms with Crippen molar-refractivity contribution >= 4 is 21.6 Å². The Hall–Kier alpha value is -1.76. The smallest absolute Gasteiger partial charge is 0.322 e. The molecule has 132 valence electrons. The van der Waals surface area contributed by atoms with E-state index >= 15 is 0 Å². The molecule has 2 bridgehead atoms. The molecule has 1 aromatic rings. The van der Waals surface area contributed by atoms with E-state index in [4.69, 9.17) is 4.74 Å². The minimum atomic E-state index is -3.04. The molecule has 0 saturated carbocycles. The first-order chi connectivity index (χ1) is 11.4. The average Bonchev–Trinajstić information content (AvgIpc) is 2.78. The van der Waals surface area contributed by atoms with Gasteiger partial charge in [-0.1, -0.05) is 0 Å². The zero-order chi connectivity index (χ0) is 17.3. The number of nitrogens with one attached hydrogen (secondary N) is 1. The highest BCUT2D eigenvalue weighted by molar-refractivity contribution is 7.91. The molecular formula is C17H24N2O4S. The summed E-state index contributed by atoms with van der Waals surface area (Å²) in [6.07, 6.45) is 4.16. The minimum absolute atomic E-state index is 0.0196. The van der Waals surface area contributed by atoms with Gasteiger partial charge in [0, 0.05) is 24.0 Å². The van der Waals surface area contributed by atoms with Crippen LogP contribution in [0.5, 0.6) is 5.75 Å². The molecule has 2 fully saturated rings. The molecule has 3 rings (SSSR count). The average molecular weight is 352 g/mol. The van der Waals surface area contributed by atoms with Crippen molar-refractivity contribution < 1.29 is 17.9 Å². The van der Waals surface area contributed by atoms with E-state index in [1.165, 1.54) is 6.26 Å². The number of urea groups is 1. The summed E-state index contributed by atoms with van der Waals surface area (Å²) in [6, 6.07) is 7.17. The number of anilines is 1. The fraction of sp³-hybridized carbons (Fsp3) is 0.588. The number of benzene rings is 1. The molecule has 2 aliphatic rings. The van der Waals surface area contributed by atoms with Gasteiger partial charge in [-0.2, -0.15) is 0 Å². The van der Waals surface area contributed by atoms with E-state index in [1.54, 1.807) is 0 Å². The Morgan fingerprint density at radius 2 is 1.79 bits per heavy atom. The fourth-order valence-electron chi connectivity index (χ4n) is 3.80. The lowest BCUT2D eigenvalue weighted by atomic mass is 10.0. The molecule has 2 amide bonds. The van der Waals surface area contributed by atoms with Crippen LogP contribution in [0.1, 0.15) is 32.6 Å². The first-order valence-corrected chi connectivity index (χ1v) is 10.3. The van der Waals surface area contributed by atoms with Gasteiger partial charge in [0.1, 0.15) is 15.6 Å². The van der Waals surface area contributed by atoms with Crippen LogP contribution in [-0.2, 0) is 9.84 Å². The van der Waals surface area contributed by atoms with Crippen LogP contribution >= 0.6 is 0 Å². The molecule has 0 aliphatic carbocycles. The number of rotatable bonds is 4. The molecule has 0 spiro atoms. The third-order valence-corrected chi connectivity index (χ3v) is 6.54. The number of piperidine rings is 1. The second kappa shape index (κ2) is 6.63. The van der Waals surface area contributed by atoms with E-state index in [9.17, 15) is 13.2 Å². The normalized spacial score (nSPS) is 26.2. The summed E-state index contributed by atoms with van der Waals surface area (Å²) in [5.41, 5.74) is 0.716. The van der Waals surface area contributed by atoms with Gasteiger partial charge in [-0.15, -0.1) is 0 Å². The monoisotopic (exact) mass is 352 g/mol. The Balaban J connectivity index is 1.66. The summed E-state index contributed by atoms with van der Waals surface area (Å²) < 4.78 is 29.0. The highest BCUT2D eigenvalue weighted by atomic mass is 32.2. The zero-order valence-electron chi connectivity index (χ0n) is 14.1. The van der Waals surface area contributed by atoms with Gasteiger partial charge in [0.25, 0.3) is 0 Å². The van der Waals surface area contributed by atoms with Gasteiger partial charge in [0.15, 0.2) is 0 Å². The van der Waals surface area contributed by atoms with E-state index in [1.807, 2.05) is 36.1 Å². The number of carbonyl (C=O) groups is 1. The lowest BCUT2D eigenvalue weighted by Crippen LogP contribution is -2.51. The standard InChI is InChI=1S/C17H24N2O4S/c1-3-23-15-8-4-12(5-9-15)18-17(20)19-13-6-7-14(19)11-16(10-13)24(2,21)22/h4-5,8-9,13-14,16H,3,6-7,10-11H2,1-2H3,(H,18,20). The number of amides is 2. The first kappa shape index (κ1) is 17.1. The number of ether oxygens (including phenoxy) is 1. The maximum Gasteiger partial charge on any atom is 0.322 e. The second-order valence-electron chi connectivity index (χ2n) is 6.60. The molecule has 6 nitrogen and oxygen atoms in total. The molecule has 24 heavy (non-hydrogen) atoms. The van der Waals surface area contributed by atoms with Crippen LogP contribution in [0.2, 0.25) is 0 Å². The van der Waals surface area contributed by atoms with E-state index in [-0.39, 0.29) is 23.4 Å². The number of fused-ring (bicyclic) bond motifs is 2. The van der Waals surface area contributed by atoms with Gasteiger partial charge >= 0.3 is 6.03 Å². The van der Waals surface area contributed by atoms with Crippen molar-refractivity contribution in [1.29, 1.82) is 0 Å². The van der Waals surface area contributed by atoms with Gasteiger partial charge < -0.3 is 15.0 Å². The zero-order valence-corrected chi connectivity index (χ0v) is 14.9. The summed E-state index contributed by atoms with van der Waals surface area (Å²) in [6.45, 7) is 2.52. The van der Waals surface area contributed by atoms with Crippen molar-refractivity contribution in [3.8, 4) is 5.75 Å². The van der Waals surface area contributed by atoms with E-state index in [2.05, 4.69) is 5.32 Å². The maximum absolute atomic E-state index is 12.6. The summed E-state index contributed by atoms with van der Waals surface area (Å²) >= 11 is 0. The lowest BCUT2D eigenvalue weighted by Gasteiger charge is -2.38. The Morgan fingerprint density at radius 3 is 2.29 bits per heavy atom.